The Morgan fingerprint density at radius 2 is 1.95 bits per heavy atom. The highest BCUT2D eigenvalue weighted by Gasteiger charge is 2.08. The minimum Gasteiger partial charge on any atom is -0.497 e. The molecule has 0 fully saturated rings. The minimum absolute atomic E-state index is 0.184. The van der Waals surface area contributed by atoms with E-state index in [2.05, 4.69) is 5.32 Å². The topological polar surface area (TPSA) is 73.6 Å². The number of nitrogens with two attached hydrogens (primary N) is 1. The Bertz CT molecular complexity index is 641. The van der Waals surface area contributed by atoms with Gasteiger partial charge in [0.1, 0.15) is 11.5 Å². The number of carbonyl (C=O) groups excluding carboxylic acids is 1. The summed E-state index contributed by atoms with van der Waals surface area (Å²) in [6.07, 6.45) is 0. The maximum Gasteiger partial charge on any atom is 0.251 e. The fraction of sp³-hybridized carbons (Fsp3) is 0.188. The van der Waals surface area contributed by atoms with Crippen LogP contribution in [0.4, 0.5) is 5.69 Å². The van der Waals surface area contributed by atoms with Gasteiger partial charge in [0, 0.05) is 12.1 Å². The van der Waals surface area contributed by atoms with Gasteiger partial charge in [-0.1, -0.05) is 12.1 Å². The normalized spacial score (nSPS) is 10.0. The standard InChI is InChI=1S/C16H18N2O3/c1-20-13-5-3-4-11(8-13)10-18-16(19)12-6-7-14(17)15(9-12)21-2/h3-9H,10,17H2,1-2H3,(H,18,19). The molecule has 1 amide bonds. The van der Waals surface area contributed by atoms with E-state index in [1.165, 1.54) is 7.11 Å². The first-order valence-electron chi connectivity index (χ1n) is 6.48. The first kappa shape index (κ1) is 14.7. The molecule has 0 aliphatic rings. The molecule has 0 heterocycles. The molecule has 0 aliphatic carbocycles. The highest BCUT2D eigenvalue weighted by Crippen LogP contribution is 2.22. The zero-order valence-corrected chi connectivity index (χ0v) is 12.1. The lowest BCUT2D eigenvalue weighted by molar-refractivity contribution is 0.0950. The van der Waals surface area contributed by atoms with E-state index < -0.39 is 0 Å². The Kier molecular flexibility index (Phi) is 4.66. The van der Waals surface area contributed by atoms with Crippen molar-refractivity contribution in [1.82, 2.24) is 5.32 Å². The zero-order valence-electron chi connectivity index (χ0n) is 12.1. The van der Waals surface area contributed by atoms with E-state index in [9.17, 15) is 4.79 Å². The summed E-state index contributed by atoms with van der Waals surface area (Å²) < 4.78 is 10.3. The summed E-state index contributed by atoms with van der Waals surface area (Å²) in [5.41, 5.74) is 7.69. The van der Waals surface area contributed by atoms with Gasteiger partial charge in [-0.2, -0.15) is 0 Å². The van der Waals surface area contributed by atoms with Crippen molar-refractivity contribution in [2.45, 2.75) is 6.54 Å². The minimum atomic E-state index is -0.184. The molecule has 3 N–H and O–H groups in total. The summed E-state index contributed by atoms with van der Waals surface area (Å²) in [6.45, 7) is 0.419. The van der Waals surface area contributed by atoms with Crippen molar-refractivity contribution >= 4 is 11.6 Å². The van der Waals surface area contributed by atoms with Crippen molar-refractivity contribution in [3.8, 4) is 11.5 Å². The van der Waals surface area contributed by atoms with Gasteiger partial charge >= 0.3 is 0 Å². The quantitative estimate of drug-likeness (QED) is 0.827. The molecule has 0 aliphatic heterocycles. The average molecular weight is 286 g/mol. The number of methoxy groups -OCH3 is 2. The van der Waals surface area contributed by atoms with Crippen LogP contribution in [0.1, 0.15) is 15.9 Å². The SMILES string of the molecule is COc1cccc(CNC(=O)c2ccc(N)c(OC)c2)c1. The van der Waals surface area contributed by atoms with E-state index in [0.717, 1.165) is 11.3 Å². The molecule has 2 aromatic carbocycles. The summed E-state index contributed by atoms with van der Waals surface area (Å²) in [4.78, 5) is 12.1. The molecule has 0 aromatic heterocycles. The Morgan fingerprint density at radius 1 is 1.14 bits per heavy atom. The third-order valence-electron chi connectivity index (χ3n) is 3.08. The fourth-order valence-electron chi connectivity index (χ4n) is 1.92. The van der Waals surface area contributed by atoms with Crippen LogP contribution in [0, 0.1) is 0 Å². The average Bonchev–Trinajstić information content (AvgIpc) is 2.53. The Balaban J connectivity index is 2.04. The molecule has 5 heteroatoms. The number of hydrogen-bond acceptors (Lipinski definition) is 4. The summed E-state index contributed by atoms with van der Waals surface area (Å²) in [7, 11) is 3.13. The molecule has 2 rings (SSSR count). The van der Waals surface area contributed by atoms with E-state index in [4.69, 9.17) is 15.2 Å². The van der Waals surface area contributed by atoms with E-state index in [0.29, 0.717) is 23.5 Å². The van der Waals surface area contributed by atoms with Gasteiger partial charge in [-0.15, -0.1) is 0 Å². The number of rotatable bonds is 5. The molecular formula is C16H18N2O3. The highest BCUT2D eigenvalue weighted by atomic mass is 16.5. The second kappa shape index (κ2) is 6.65. The summed E-state index contributed by atoms with van der Waals surface area (Å²) >= 11 is 0. The number of nitrogen functional groups attached to an aromatic ring is 1. The van der Waals surface area contributed by atoms with Crippen LogP contribution in [-0.4, -0.2) is 20.1 Å². The number of hydrogen-bond donors (Lipinski definition) is 2. The highest BCUT2D eigenvalue weighted by molar-refractivity contribution is 5.95. The first-order chi connectivity index (χ1) is 10.1. The van der Waals surface area contributed by atoms with Crippen LogP contribution >= 0.6 is 0 Å². The van der Waals surface area contributed by atoms with Crippen LogP contribution in [-0.2, 0) is 6.54 Å². The smallest absolute Gasteiger partial charge is 0.251 e. The Labute approximate surface area is 123 Å². The summed E-state index contributed by atoms with van der Waals surface area (Å²) in [5.74, 6) is 1.07. The molecule has 110 valence electrons. The molecule has 0 atom stereocenters. The van der Waals surface area contributed by atoms with Crippen molar-refractivity contribution in [1.29, 1.82) is 0 Å². The van der Waals surface area contributed by atoms with Gasteiger partial charge in [0.15, 0.2) is 0 Å². The van der Waals surface area contributed by atoms with Crippen LogP contribution in [0.2, 0.25) is 0 Å². The van der Waals surface area contributed by atoms with Crippen molar-refractivity contribution in [3.05, 3.63) is 53.6 Å². The van der Waals surface area contributed by atoms with Crippen LogP contribution in [0.15, 0.2) is 42.5 Å². The van der Waals surface area contributed by atoms with Crippen LogP contribution in [0.5, 0.6) is 11.5 Å². The number of ether oxygens (including phenoxy) is 2. The molecule has 2 aromatic rings. The summed E-state index contributed by atoms with van der Waals surface area (Å²) in [6, 6.07) is 12.5. The lowest BCUT2D eigenvalue weighted by Gasteiger charge is -2.09. The molecular weight excluding hydrogens is 268 g/mol. The maximum atomic E-state index is 12.1. The zero-order chi connectivity index (χ0) is 15.2. The molecule has 5 nitrogen and oxygen atoms in total. The second-order valence-corrected chi connectivity index (χ2v) is 4.49. The van der Waals surface area contributed by atoms with Gasteiger partial charge in [-0.25, -0.2) is 0 Å². The fourth-order valence-corrected chi connectivity index (χ4v) is 1.92. The van der Waals surface area contributed by atoms with E-state index in [1.54, 1.807) is 25.3 Å². The van der Waals surface area contributed by atoms with Crippen LogP contribution in [0.3, 0.4) is 0 Å². The van der Waals surface area contributed by atoms with Crippen LogP contribution < -0.4 is 20.5 Å². The Morgan fingerprint density at radius 3 is 2.67 bits per heavy atom. The largest absolute Gasteiger partial charge is 0.497 e. The number of carbonyl (C=O) groups is 1. The predicted molar refractivity (Wildman–Crippen MR) is 81.6 cm³/mol. The third kappa shape index (κ3) is 3.66. The van der Waals surface area contributed by atoms with Gasteiger partial charge < -0.3 is 20.5 Å². The molecule has 0 bridgehead atoms. The van der Waals surface area contributed by atoms with Crippen molar-refractivity contribution in [2.24, 2.45) is 0 Å². The molecule has 0 saturated carbocycles. The monoisotopic (exact) mass is 286 g/mol. The molecule has 0 saturated heterocycles. The van der Waals surface area contributed by atoms with Crippen LogP contribution in [0.25, 0.3) is 0 Å². The molecule has 0 spiro atoms. The van der Waals surface area contributed by atoms with Crippen molar-refractivity contribution in [2.75, 3.05) is 20.0 Å². The number of nitrogens with one attached hydrogen (secondary N) is 1. The Hall–Kier alpha value is -2.69. The van der Waals surface area contributed by atoms with Crippen molar-refractivity contribution < 1.29 is 14.3 Å². The van der Waals surface area contributed by atoms with E-state index in [1.807, 2.05) is 24.3 Å². The lowest BCUT2D eigenvalue weighted by Crippen LogP contribution is -2.22. The number of amides is 1. The number of benzene rings is 2. The molecule has 21 heavy (non-hydrogen) atoms. The third-order valence-corrected chi connectivity index (χ3v) is 3.08. The lowest BCUT2D eigenvalue weighted by atomic mass is 10.1. The van der Waals surface area contributed by atoms with Gasteiger partial charge in [-0.05, 0) is 35.9 Å². The van der Waals surface area contributed by atoms with Gasteiger partial charge in [0.2, 0.25) is 0 Å². The van der Waals surface area contributed by atoms with E-state index >= 15 is 0 Å². The predicted octanol–water partition coefficient (Wildman–Crippen LogP) is 2.22. The summed E-state index contributed by atoms with van der Waals surface area (Å²) in [5, 5.41) is 2.85. The maximum absolute atomic E-state index is 12.1. The molecule has 0 unspecified atom stereocenters. The van der Waals surface area contributed by atoms with Gasteiger partial charge in [0.25, 0.3) is 5.91 Å². The molecule has 0 radical (unpaired) electrons. The first-order valence-corrected chi connectivity index (χ1v) is 6.48. The van der Waals surface area contributed by atoms with Gasteiger partial charge in [-0.3, -0.25) is 4.79 Å². The van der Waals surface area contributed by atoms with Gasteiger partial charge in [0.05, 0.1) is 19.9 Å². The second-order valence-electron chi connectivity index (χ2n) is 4.49. The van der Waals surface area contributed by atoms with E-state index in [-0.39, 0.29) is 5.91 Å². The van der Waals surface area contributed by atoms with Crippen molar-refractivity contribution in [3.63, 3.8) is 0 Å². The number of anilines is 1.